The van der Waals surface area contributed by atoms with E-state index in [1.165, 1.54) is 0 Å². The minimum atomic E-state index is -1.60. The van der Waals surface area contributed by atoms with Crippen LogP contribution >= 0.6 is 0 Å². The van der Waals surface area contributed by atoms with Crippen LogP contribution in [0, 0.1) is 5.41 Å². The van der Waals surface area contributed by atoms with E-state index in [2.05, 4.69) is 57.2 Å². The van der Waals surface area contributed by atoms with E-state index >= 15 is 0 Å². The van der Waals surface area contributed by atoms with E-state index < -0.39 is 11.8 Å². The molecule has 0 atom stereocenters. The second kappa shape index (κ2) is 7.02. The van der Waals surface area contributed by atoms with Crippen molar-refractivity contribution in [3.05, 3.63) is 72.1 Å². The number of aromatic nitrogens is 2. The lowest BCUT2D eigenvalue weighted by Gasteiger charge is -2.20. The lowest BCUT2D eigenvalue weighted by Crippen LogP contribution is -2.12. The summed E-state index contributed by atoms with van der Waals surface area (Å²) in [6, 6.07) is 18.5. The van der Waals surface area contributed by atoms with Gasteiger partial charge in [0, 0.05) is 47.0 Å². The number of furan rings is 1. The van der Waals surface area contributed by atoms with Gasteiger partial charge < -0.3 is 4.42 Å². The maximum absolute atomic E-state index is 9.19. The van der Waals surface area contributed by atoms with Crippen LogP contribution in [0.4, 0.5) is 0 Å². The molecular weight excluding hydrogens is 416 g/mol. The normalized spacial score (nSPS) is 14.4. The van der Waals surface area contributed by atoms with E-state index in [-0.39, 0.29) is 5.41 Å². The van der Waals surface area contributed by atoms with E-state index in [4.69, 9.17) is 14.4 Å². The Balaban J connectivity index is 1.88. The average Bonchev–Trinajstić information content (AvgIpc) is 3.20. The van der Waals surface area contributed by atoms with Crippen LogP contribution in [0.25, 0.3) is 54.5 Å². The summed E-state index contributed by atoms with van der Waals surface area (Å²) in [5.41, 5.74) is 3.01. The smallest absolute Gasteiger partial charge is 0.227 e. The Hall–Kier alpha value is -3.46. The van der Waals surface area contributed by atoms with Crippen molar-refractivity contribution in [2.24, 2.45) is 5.41 Å². The maximum Gasteiger partial charge on any atom is 0.227 e. The highest BCUT2D eigenvalue weighted by molar-refractivity contribution is 6.32. The first-order valence-corrected chi connectivity index (χ1v) is 11.9. The minimum Gasteiger partial charge on any atom is -0.437 e. The number of hydrogen-bond acceptors (Lipinski definition) is 3. The Labute approximate surface area is 202 Å². The van der Waals surface area contributed by atoms with Crippen LogP contribution in [-0.4, -0.2) is 9.97 Å². The molecule has 0 bridgehead atoms. The van der Waals surface area contributed by atoms with Crippen molar-refractivity contribution >= 4 is 54.5 Å². The Morgan fingerprint density at radius 3 is 2.21 bits per heavy atom. The zero-order valence-electron chi connectivity index (χ0n) is 22.6. The van der Waals surface area contributed by atoms with Gasteiger partial charge >= 0.3 is 0 Å². The molecule has 0 saturated heterocycles. The van der Waals surface area contributed by atoms with Gasteiger partial charge in [-0.3, -0.25) is 4.98 Å². The lowest BCUT2D eigenvalue weighted by atomic mass is 9.85. The predicted octanol–water partition coefficient (Wildman–Crippen LogP) is 8.72. The van der Waals surface area contributed by atoms with Crippen LogP contribution in [0.15, 0.2) is 65.2 Å². The molecule has 34 heavy (non-hydrogen) atoms. The van der Waals surface area contributed by atoms with Crippen molar-refractivity contribution in [1.29, 1.82) is 0 Å². The monoisotopic (exact) mass is 448 g/mol. The number of pyridine rings is 2. The van der Waals surface area contributed by atoms with E-state index in [9.17, 15) is 2.74 Å². The highest BCUT2D eigenvalue weighted by Crippen LogP contribution is 2.43. The fraction of sp³-hybridized carbons (Fsp3) is 0.290. The van der Waals surface area contributed by atoms with Crippen molar-refractivity contribution in [2.75, 3.05) is 0 Å². The highest BCUT2D eigenvalue weighted by atomic mass is 16.3. The molecule has 6 aromatic rings. The predicted molar refractivity (Wildman–Crippen MR) is 144 cm³/mol. The number of rotatable bonds is 1. The van der Waals surface area contributed by atoms with Crippen molar-refractivity contribution < 1.29 is 7.16 Å². The van der Waals surface area contributed by atoms with Crippen molar-refractivity contribution in [3.8, 4) is 0 Å². The van der Waals surface area contributed by atoms with Crippen molar-refractivity contribution in [1.82, 2.24) is 9.97 Å². The minimum absolute atomic E-state index is 0.0992. The molecular formula is C31H30N2O. The van der Waals surface area contributed by atoms with Crippen LogP contribution in [0.3, 0.4) is 0 Å². The summed E-state index contributed by atoms with van der Waals surface area (Å²) < 4.78 is 24.9. The first-order valence-electron chi connectivity index (χ1n) is 12.9. The molecule has 6 rings (SSSR count). The number of fused-ring (bicyclic) bond motifs is 10. The zero-order valence-corrected chi connectivity index (χ0v) is 20.6. The van der Waals surface area contributed by atoms with Crippen LogP contribution in [0.5, 0.6) is 0 Å². The molecule has 0 aliphatic heterocycles. The molecule has 3 heterocycles. The number of hydrogen-bond donors (Lipinski definition) is 0. The third-order valence-electron chi connectivity index (χ3n) is 6.46. The lowest BCUT2D eigenvalue weighted by molar-refractivity contribution is 0.412. The molecule has 0 amide bonds. The Morgan fingerprint density at radius 1 is 0.765 bits per heavy atom. The maximum atomic E-state index is 9.19. The molecule has 0 N–H and O–H groups in total. The van der Waals surface area contributed by atoms with Gasteiger partial charge in [-0.15, -0.1) is 0 Å². The van der Waals surface area contributed by atoms with Gasteiger partial charge in [0.2, 0.25) is 5.71 Å². The van der Waals surface area contributed by atoms with Crippen LogP contribution < -0.4 is 0 Å². The molecule has 0 saturated carbocycles. The molecule has 3 nitrogen and oxygen atoms in total. The fourth-order valence-corrected chi connectivity index (χ4v) is 4.96. The summed E-state index contributed by atoms with van der Waals surface area (Å²) in [7, 11) is 0. The van der Waals surface area contributed by atoms with E-state index in [1.54, 1.807) is 6.20 Å². The van der Waals surface area contributed by atoms with Gasteiger partial charge in [-0.05, 0) is 52.4 Å². The molecule has 3 heteroatoms. The Morgan fingerprint density at radius 2 is 1.47 bits per heavy atom. The topological polar surface area (TPSA) is 38.9 Å². The Bertz CT molecular complexity index is 1840. The second-order valence-corrected chi connectivity index (χ2v) is 11.3. The van der Waals surface area contributed by atoms with Crippen molar-refractivity contribution in [3.63, 3.8) is 0 Å². The van der Waals surface area contributed by atoms with Gasteiger partial charge in [-0.25, -0.2) is 4.98 Å². The summed E-state index contributed by atoms with van der Waals surface area (Å²) >= 11 is 0. The summed E-state index contributed by atoms with van der Waals surface area (Å²) in [6.07, 6.45) is 0.130. The van der Waals surface area contributed by atoms with Gasteiger partial charge in [0.1, 0.15) is 5.58 Å². The molecule has 3 aromatic carbocycles. The van der Waals surface area contributed by atoms with Gasteiger partial charge in [-0.2, -0.15) is 0 Å². The molecule has 0 aliphatic carbocycles. The van der Waals surface area contributed by atoms with Crippen molar-refractivity contribution in [2.45, 2.75) is 53.3 Å². The summed E-state index contributed by atoms with van der Waals surface area (Å²) in [5.74, 6) is 0. The van der Waals surface area contributed by atoms with Crippen LogP contribution in [-0.2, 0) is 11.8 Å². The van der Waals surface area contributed by atoms with E-state index in [0.29, 0.717) is 11.3 Å². The summed E-state index contributed by atoms with van der Waals surface area (Å²) in [5, 5.41) is 6.76. The number of nitrogens with zero attached hydrogens (tertiary/aromatic N) is 2. The van der Waals surface area contributed by atoms with E-state index in [0.717, 1.165) is 54.5 Å². The quantitative estimate of drug-likeness (QED) is 0.236. The molecule has 0 spiro atoms. The Kier molecular flexibility index (Phi) is 3.91. The van der Waals surface area contributed by atoms with Gasteiger partial charge in [0.15, 0.2) is 0 Å². The highest BCUT2D eigenvalue weighted by Gasteiger charge is 2.22. The molecule has 170 valence electrons. The first kappa shape index (κ1) is 18.9. The van der Waals surface area contributed by atoms with Gasteiger partial charge in [-0.1, -0.05) is 71.9 Å². The third kappa shape index (κ3) is 3.18. The number of benzene rings is 3. The van der Waals surface area contributed by atoms with Crippen LogP contribution in [0.1, 0.15) is 55.5 Å². The molecule has 0 unspecified atom stereocenters. The zero-order chi connectivity index (χ0) is 25.6. The molecule has 0 fully saturated rings. The largest absolute Gasteiger partial charge is 0.437 e. The van der Waals surface area contributed by atoms with E-state index in [1.807, 2.05) is 39.0 Å². The van der Waals surface area contributed by atoms with Gasteiger partial charge in [0.05, 0.1) is 5.52 Å². The average molecular weight is 449 g/mol. The molecule has 0 aliphatic rings. The first-order chi connectivity index (χ1) is 16.9. The molecule has 3 aromatic heterocycles. The second-order valence-electron chi connectivity index (χ2n) is 11.3. The van der Waals surface area contributed by atoms with Crippen LogP contribution in [0.2, 0.25) is 0 Å². The third-order valence-corrected chi connectivity index (χ3v) is 6.46. The molecule has 0 radical (unpaired) electrons. The SMILES string of the molecule is [2H]C([2H])(c1ccnc2c3ccccc3c3ccc4c5ccc(C(C)(C)C)nc5oc4c3c12)C(C)(C)C. The summed E-state index contributed by atoms with van der Waals surface area (Å²) in [4.78, 5) is 9.69. The summed E-state index contributed by atoms with van der Waals surface area (Å²) in [6.45, 7) is 12.3. The standard InChI is InChI=1S/C31H30N2O/c1-30(2,3)17-18-15-16-32-27-21-10-8-7-9-19(21)20-11-12-22-23-13-14-24(31(4,5)6)33-29(23)34-28(22)26(20)25(18)27/h7-16H,17H2,1-6H3/i17D2. The fourth-order valence-electron chi connectivity index (χ4n) is 4.96. The van der Waals surface area contributed by atoms with Gasteiger partial charge in [0.25, 0.3) is 0 Å².